The fourth-order valence-electron chi connectivity index (χ4n) is 4.84. The summed E-state index contributed by atoms with van der Waals surface area (Å²) in [6, 6.07) is 10.9. The summed E-state index contributed by atoms with van der Waals surface area (Å²) in [4.78, 5) is 18.0. The van der Waals surface area contributed by atoms with Gasteiger partial charge in [0.25, 0.3) is 0 Å². The highest BCUT2D eigenvalue weighted by Crippen LogP contribution is 2.38. The molecule has 156 valence electrons. The number of nitrogens with zero attached hydrogens (tertiary/aromatic N) is 2. The monoisotopic (exact) mass is 405 g/mol. The van der Waals surface area contributed by atoms with Crippen LogP contribution in [-0.2, 0) is 4.79 Å². The molecule has 2 fully saturated rings. The number of rotatable bonds is 8. The minimum atomic E-state index is 0.0488. The Labute approximate surface area is 175 Å². The fraction of sp³-hybridized carbons (Fsp3) is 0.696. The van der Waals surface area contributed by atoms with Crippen molar-refractivity contribution in [1.29, 1.82) is 0 Å². The van der Waals surface area contributed by atoms with Crippen molar-refractivity contribution >= 4 is 23.2 Å². The Hall–Kier alpha value is -1.10. The van der Waals surface area contributed by atoms with E-state index in [1.807, 2.05) is 18.2 Å². The van der Waals surface area contributed by atoms with Crippen molar-refractivity contribution in [3.05, 3.63) is 30.3 Å². The fourth-order valence-corrected chi connectivity index (χ4v) is 5.15. The van der Waals surface area contributed by atoms with Crippen LogP contribution in [0.25, 0.3) is 0 Å². The maximum absolute atomic E-state index is 13.6. The van der Waals surface area contributed by atoms with Crippen LogP contribution in [0.1, 0.15) is 45.4 Å². The van der Waals surface area contributed by atoms with Gasteiger partial charge in [-0.15, -0.1) is 11.6 Å². The van der Waals surface area contributed by atoms with Gasteiger partial charge in [0.05, 0.1) is 6.04 Å². The van der Waals surface area contributed by atoms with Gasteiger partial charge in [0, 0.05) is 23.0 Å². The number of alkyl halides is 1. The van der Waals surface area contributed by atoms with Crippen LogP contribution >= 0.6 is 11.6 Å². The summed E-state index contributed by atoms with van der Waals surface area (Å²) in [6.45, 7) is 4.26. The molecule has 0 heterocycles. The Morgan fingerprint density at radius 2 is 1.93 bits per heavy atom. The summed E-state index contributed by atoms with van der Waals surface area (Å²) in [5.74, 6) is 0.734. The first-order valence-electron chi connectivity index (χ1n) is 10.9. The van der Waals surface area contributed by atoms with Crippen molar-refractivity contribution < 1.29 is 4.79 Å². The van der Waals surface area contributed by atoms with E-state index in [1.54, 1.807) is 0 Å². The molecule has 5 atom stereocenters. The molecule has 0 spiro atoms. The van der Waals surface area contributed by atoms with Gasteiger partial charge in [-0.25, -0.2) is 0 Å². The second-order valence-corrected chi connectivity index (χ2v) is 9.48. The van der Waals surface area contributed by atoms with E-state index in [-0.39, 0.29) is 23.2 Å². The lowest BCUT2D eigenvalue weighted by Gasteiger charge is -2.35. The molecule has 3 rings (SSSR count). The molecule has 2 aliphatic rings. The molecular formula is C23H36ClN3O. The number of carbonyl (C=O) groups excluding carboxylic acids is 1. The van der Waals surface area contributed by atoms with Crippen molar-refractivity contribution in [2.24, 2.45) is 11.8 Å². The lowest BCUT2D eigenvalue weighted by atomic mass is 10.0. The van der Waals surface area contributed by atoms with E-state index in [0.717, 1.165) is 50.9 Å². The normalized spacial score (nSPS) is 30.1. The number of hydrogen-bond acceptors (Lipinski definition) is 3. The minimum Gasteiger partial charge on any atom is -0.312 e. The molecule has 5 heteroatoms. The Kier molecular flexibility index (Phi) is 7.78. The van der Waals surface area contributed by atoms with Gasteiger partial charge in [-0.1, -0.05) is 25.1 Å². The van der Waals surface area contributed by atoms with Crippen LogP contribution in [0.5, 0.6) is 0 Å². The SMILES string of the molecule is CC1CC(C(=O)N(c2ccccc2)C2CCCC2NCCCN(C)C)CC1Cl. The molecule has 4 nitrogen and oxygen atoms in total. The number of amides is 1. The molecule has 0 aliphatic heterocycles. The van der Waals surface area contributed by atoms with Crippen LogP contribution in [0.2, 0.25) is 0 Å². The van der Waals surface area contributed by atoms with E-state index in [2.05, 4.69) is 48.3 Å². The summed E-state index contributed by atoms with van der Waals surface area (Å²) >= 11 is 6.46. The highest BCUT2D eigenvalue weighted by molar-refractivity contribution is 6.21. The molecule has 5 unspecified atom stereocenters. The maximum Gasteiger partial charge on any atom is 0.230 e. The summed E-state index contributed by atoms with van der Waals surface area (Å²) in [6.07, 6.45) is 6.22. The zero-order valence-corrected chi connectivity index (χ0v) is 18.4. The predicted octanol–water partition coefficient (Wildman–Crippen LogP) is 4.14. The van der Waals surface area contributed by atoms with Gasteiger partial charge in [0.2, 0.25) is 5.91 Å². The quantitative estimate of drug-likeness (QED) is 0.521. The highest BCUT2D eigenvalue weighted by Gasteiger charge is 2.41. The standard InChI is InChI=1S/C23H36ClN3O/c1-17-15-18(16-20(17)24)23(28)27(19-9-5-4-6-10-19)22-12-7-11-21(22)25-13-8-14-26(2)3/h4-6,9-10,17-18,20-22,25H,7-8,11-16H2,1-3H3. The summed E-state index contributed by atoms with van der Waals surface area (Å²) in [7, 11) is 4.22. The van der Waals surface area contributed by atoms with Crippen molar-refractivity contribution in [3.63, 3.8) is 0 Å². The number of nitrogens with one attached hydrogen (secondary N) is 1. The number of para-hydroxylation sites is 1. The molecule has 28 heavy (non-hydrogen) atoms. The van der Waals surface area contributed by atoms with Crippen LogP contribution in [0.15, 0.2) is 30.3 Å². The van der Waals surface area contributed by atoms with Crippen LogP contribution in [0.4, 0.5) is 5.69 Å². The number of halogens is 1. The van der Waals surface area contributed by atoms with Crippen molar-refractivity contribution in [1.82, 2.24) is 10.2 Å². The topological polar surface area (TPSA) is 35.6 Å². The van der Waals surface area contributed by atoms with Crippen molar-refractivity contribution in [3.8, 4) is 0 Å². The van der Waals surface area contributed by atoms with Gasteiger partial charge in [0.1, 0.15) is 0 Å². The minimum absolute atomic E-state index is 0.0488. The van der Waals surface area contributed by atoms with E-state index in [0.29, 0.717) is 12.0 Å². The third-order valence-electron chi connectivity index (χ3n) is 6.40. The lowest BCUT2D eigenvalue weighted by molar-refractivity contribution is -0.122. The second-order valence-electron chi connectivity index (χ2n) is 8.92. The first kappa shape index (κ1) is 21.6. The molecule has 2 aliphatic carbocycles. The van der Waals surface area contributed by atoms with Gasteiger partial charge in [-0.2, -0.15) is 0 Å². The smallest absolute Gasteiger partial charge is 0.230 e. The summed E-state index contributed by atoms with van der Waals surface area (Å²) in [5.41, 5.74) is 1.03. The molecule has 0 saturated heterocycles. The zero-order chi connectivity index (χ0) is 20.1. The molecule has 0 bridgehead atoms. The Morgan fingerprint density at radius 1 is 1.18 bits per heavy atom. The second kappa shape index (κ2) is 10.1. The average molecular weight is 406 g/mol. The molecule has 0 aromatic heterocycles. The number of anilines is 1. The number of carbonyl (C=O) groups is 1. The van der Waals surface area contributed by atoms with Gasteiger partial charge in [-0.3, -0.25) is 4.79 Å². The molecule has 2 saturated carbocycles. The van der Waals surface area contributed by atoms with Crippen LogP contribution in [0.3, 0.4) is 0 Å². The van der Waals surface area contributed by atoms with Crippen molar-refractivity contribution in [2.75, 3.05) is 32.1 Å². The van der Waals surface area contributed by atoms with Gasteiger partial charge in [-0.05, 0) is 83.8 Å². The maximum atomic E-state index is 13.6. The van der Waals surface area contributed by atoms with Gasteiger partial charge >= 0.3 is 0 Å². The largest absolute Gasteiger partial charge is 0.312 e. The van der Waals surface area contributed by atoms with Crippen molar-refractivity contribution in [2.45, 2.75) is 62.9 Å². The summed E-state index contributed by atoms with van der Waals surface area (Å²) < 4.78 is 0. The lowest BCUT2D eigenvalue weighted by Crippen LogP contribution is -2.51. The average Bonchev–Trinajstić information content (AvgIpc) is 3.26. The zero-order valence-electron chi connectivity index (χ0n) is 17.6. The van der Waals surface area contributed by atoms with E-state index in [1.165, 1.54) is 6.42 Å². The highest BCUT2D eigenvalue weighted by atomic mass is 35.5. The van der Waals surface area contributed by atoms with E-state index < -0.39 is 0 Å². The number of hydrogen-bond donors (Lipinski definition) is 1. The Morgan fingerprint density at radius 3 is 2.57 bits per heavy atom. The van der Waals surface area contributed by atoms with E-state index in [4.69, 9.17) is 11.6 Å². The number of benzene rings is 1. The van der Waals surface area contributed by atoms with Crippen LogP contribution in [0, 0.1) is 11.8 Å². The predicted molar refractivity (Wildman–Crippen MR) is 118 cm³/mol. The first-order chi connectivity index (χ1) is 13.5. The van der Waals surface area contributed by atoms with Gasteiger partial charge < -0.3 is 15.1 Å². The van der Waals surface area contributed by atoms with Gasteiger partial charge in [0.15, 0.2) is 0 Å². The third-order valence-corrected chi connectivity index (χ3v) is 7.01. The molecule has 1 N–H and O–H groups in total. The third kappa shape index (κ3) is 5.28. The van der Waals surface area contributed by atoms with Crippen LogP contribution < -0.4 is 10.2 Å². The van der Waals surface area contributed by atoms with E-state index in [9.17, 15) is 4.79 Å². The molecule has 1 amide bonds. The molecule has 1 aromatic rings. The first-order valence-corrected chi connectivity index (χ1v) is 11.3. The van der Waals surface area contributed by atoms with E-state index >= 15 is 0 Å². The Bertz CT molecular complexity index is 614. The summed E-state index contributed by atoms with van der Waals surface area (Å²) in [5, 5.41) is 3.87. The molecular weight excluding hydrogens is 370 g/mol. The molecule has 1 aromatic carbocycles. The molecule has 0 radical (unpaired) electrons. The van der Waals surface area contributed by atoms with Crippen LogP contribution in [-0.4, -0.2) is 55.5 Å². The Balaban J connectivity index is 1.74.